The molecule has 2 heterocycles. The number of guanidine groups is 1. The second-order valence-corrected chi connectivity index (χ2v) is 7.52. The van der Waals surface area contributed by atoms with Crippen molar-refractivity contribution in [1.82, 2.24) is 15.5 Å². The average Bonchev–Trinajstić information content (AvgIpc) is 3.16. The van der Waals surface area contributed by atoms with Crippen LogP contribution in [0.25, 0.3) is 0 Å². The molecule has 0 spiro atoms. The van der Waals surface area contributed by atoms with E-state index in [2.05, 4.69) is 32.7 Å². The molecule has 2 aliphatic rings. The third-order valence-electron chi connectivity index (χ3n) is 5.65. The van der Waals surface area contributed by atoms with Gasteiger partial charge in [0.25, 0.3) is 0 Å². The van der Waals surface area contributed by atoms with E-state index in [0.717, 1.165) is 56.1 Å². The van der Waals surface area contributed by atoms with Gasteiger partial charge < -0.3 is 20.4 Å². The van der Waals surface area contributed by atoms with Gasteiger partial charge in [0.1, 0.15) is 0 Å². The van der Waals surface area contributed by atoms with Gasteiger partial charge in [0.15, 0.2) is 5.96 Å². The van der Waals surface area contributed by atoms with Crippen molar-refractivity contribution in [3.63, 3.8) is 0 Å². The Morgan fingerprint density at radius 2 is 1.89 bits per heavy atom. The minimum atomic E-state index is 0.125. The van der Waals surface area contributed by atoms with Gasteiger partial charge in [-0.1, -0.05) is 12.1 Å². The van der Waals surface area contributed by atoms with Crippen LogP contribution in [0.1, 0.15) is 37.7 Å². The number of amides is 2. The SMILES string of the molecule is CN=C(NCc1ccc(N2CCCC2=O)cc1)N1CCC(CC(=O)NC)CC1. The number of anilines is 1. The fourth-order valence-corrected chi connectivity index (χ4v) is 3.94. The molecule has 2 amide bonds. The quantitative estimate of drug-likeness (QED) is 0.598. The van der Waals surface area contributed by atoms with Crippen LogP contribution in [-0.4, -0.2) is 56.4 Å². The van der Waals surface area contributed by atoms with E-state index in [9.17, 15) is 9.59 Å². The third kappa shape index (κ3) is 5.03. The van der Waals surface area contributed by atoms with Crippen LogP contribution in [-0.2, 0) is 16.1 Å². The Balaban J connectivity index is 1.48. The van der Waals surface area contributed by atoms with Gasteiger partial charge in [-0.2, -0.15) is 0 Å². The molecule has 7 heteroatoms. The molecular weight excluding hydrogens is 354 g/mol. The highest BCUT2D eigenvalue weighted by Crippen LogP contribution is 2.22. The van der Waals surface area contributed by atoms with Gasteiger partial charge in [0, 0.05) is 58.8 Å². The van der Waals surface area contributed by atoms with Crippen LogP contribution in [0.15, 0.2) is 29.3 Å². The van der Waals surface area contributed by atoms with E-state index in [4.69, 9.17) is 0 Å². The summed E-state index contributed by atoms with van der Waals surface area (Å²) in [5, 5.41) is 6.15. The smallest absolute Gasteiger partial charge is 0.227 e. The van der Waals surface area contributed by atoms with Gasteiger partial charge >= 0.3 is 0 Å². The summed E-state index contributed by atoms with van der Waals surface area (Å²) in [4.78, 5) is 32.0. The van der Waals surface area contributed by atoms with E-state index in [1.807, 2.05) is 17.0 Å². The number of piperidine rings is 1. The molecule has 7 nitrogen and oxygen atoms in total. The summed E-state index contributed by atoms with van der Waals surface area (Å²) >= 11 is 0. The fraction of sp³-hybridized carbons (Fsp3) is 0.571. The van der Waals surface area contributed by atoms with E-state index in [0.29, 0.717) is 25.3 Å². The molecule has 0 bridgehead atoms. The fourth-order valence-electron chi connectivity index (χ4n) is 3.94. The standard InChI is InChI=1S/C21H31N5O2/c1-22-19(27)14-16-9-12-25(13-10-16)21(23-2)24-15-17-5-7-18(8-6-17)26-11-3-4-20(26)28/h5-8,16H,3-4,9-15H2,1-2H3,(H,22,27)(H,23,24). The summed E-state index contributed by atoms with van der Waals surface area (Å²) in [5.41, 5.74) is 2.14. The Labute approximate surface area is 167 Å². The van der Waals surface area contributed by atoms with Gasteiger partial charge in [0.05, 0.1) is 0 Å². The zero-order valence-electron chi connectivity index (χ0n) is 16.9. The molecule has 0 aromatic heterocycles. The van der Waals surface area contributed by atoms with Crippen LogP contribution in [0.5, 0.6) is 0 Å². The van der Waals surface area contributed by atoms with Crippen molar-refractivity contribution in [1.29, 1.82) is 0 Å². The third-order valence-corrected chi connectivity index (χ3v) is 5.65. The number of rotatable bonds is 5. The highest BCUT2D eigenvalue weighted by molar-refractivity contribution is 5.95. The van der Waals surface area contributed by atoms with Crippen molar-refractivity contribution in [2.75, 3.05) is 38.6 Å². The number of benzene rings is 1. The maximum atomic E-state index is 11.9. The normalized spacial score (nSPS) is 18.5. The van der Waals surface area contributed by atoms with Gasteiger partial charge in [-0.15, -0.1) is 0 Å². The molecule has 0 radical (unpaired) electrons. The maximum absolute atomic E-state index is 11.9. The van der Waals surface area contributed by atoms with E-state index in [1.54, 1.807) is 14.1 Å². The number of hydrogen-bond donors (Lipinski definition) is 2. The molecule has 0 saturated carbocycles. The van der Waals surface area contributed by atoms with Crippen LogP contribution in [0.3, 0.4) is 0 Å². The zero-order valence-corrected chi connectivity index (χ0v) is 16.9. The van der Waals surface area contributed by atoms with E-state index < -0.39 is 0 Å². The van der Waals surface area contributed by atoms with Gasteiger partial charge in [0.2, 0.25) is 11.8 Å². The van der Waals surface area contributed by atoms with Crippen molar-refractivity contribution in [2.45, 2.75) is 38.6 Å². The summed E-state index contributed by atoms with van der Waals surface area (Å²) in [5.74, 6) is 1.69. The summed E-state index contributed by atoms with van der Waals surface area (Å²) in [6, 6.07) is 8.17. The van der Waals surface area contributed by atoms with Crippen LogP contribution < -0.4 is 15.5 Å². The number of aliphatic imine (C=N–C) groups is 1. The number of nitrogens with one attached hydrogen (secondary N) is 2. The minimum absolute atomic E-state index is 0.125. The molecule has 2 aliphatic heterocycles. The number of carbonyl (C=O) groups excluding carboxylic acids is 2. The molecule has 152 valence electrons. The number of carbonyl (C=O) groups is 2. The Kier molecular flexibility index (Phi) is 6.90. The van der Waals surface area contributed by atoms with Crippen LogP contribution in [0.4, 0.5) is 5.69 Å². The van der Waals surface area contributed by atoms with Crippen LogP contribution in [0, 0.1) is 5.92 Å². The number of hydrogen-bond acceptors (Lipinski definition) is 3. The van der Waals surface area contributed by atoms with Crippen LogP contribution in [0.2, 0.25) is 0 Å². The Morgan fingerprint density at radius 3 is 2.46 bits per heavy atom. The number of likely N-dealkylation sites (tertiary alicyclic amines) is 1. The van der Waals surface area contributed by atoms with Crippen LogP contribution >= 0.6 is 0 Å². The molecule has 0 unspecified atom stereocenters. The molecule has 2 N–H and O–H groups in total. The van der Waals surface area contributed by atoms with Crippen molar-refractivity contribution >= 4 is 23.5 Å². The lowest BCUT2D eigenvalue weighted by atomic mass is 9.93. The molecule has 1 aromatic carbocycles. The predicted octanol–water partition coefficient (Wildman–Crippen LogP) is 1.74. The zero-order chi connectivity index (χ0) is 19.9. The number of nitrogens with zero attached hydrogens (tertiary/aromatic N) is 3. The first-order chi connectivity index (χ1) is 13.6. The molecule has 0 aliphatic carbocycles. The molecular formula is C21H31N5O2. The van der Waals surface area contributed by atoms with Gasteiger partial charge in [-0.3, -0.25) is 14.6 Å². The lowest BCUT2D eigenvalue weighted by molar-refractivity contribution is -0.121. The predicted molar refractivity (Wildman–Crippen MR) is 111 cm³/mol. The van der Waals surface area contributed by atoms with Crippen molar-refractivity contribution < 1.29 is 9.59 Å². The highest BCUT2D eigenvalue weighted by Gasteiger charge is 2.23. The molecule has 1 aromatic rings. The minimum Gasteiger partial charge on any atom is -0.359 e. The second-order valence-electron chi connectivity index (χ2n) is 7.52. The monoisotopic (exact) mass is 385 g/mol. The average molecular weight is 386 g/mol. The Bertz CT molecular complexity index is 708. The van der Waals surface area contributed by atoms with E-state index >= 15 is 0 Å². The first-order valence-corrected chi connectivity index (χ1v) is 10.2. The lowest BCUT2D eigenvalue weighted by Crippen LogP contribution is -2.45. The summed E-state index contributed by atoms with van der Waals surface area (Å²) in [6.07, 6.45) is 4.22. The second kappa shape index (κ2) is 9.57. The Morgan fingerprint density at radius 1 is 1.18 bits per heavy atom. The highest BCUT2D eigenvalue weighted by atomic mass is 16.2. The molecule has 0 atom stereocenters. The summed E-state index contributed by atoms with van der Waals surface area (Å²) < 4.78 is 0. The first-order valence-electron chi connectivity index (χ1n) is 10.2. The summed E-state index contributed by atoms with van der Waals surface area (Å²) in [7, 11) is 3.50. The van der Waals surface area contributed by atoms with Crippen molar-refractivity contribution in [2.24, 2.45) is 10.9 Å². The van der Waals surface area contributed by atoms with Gasteiger partial charge in [-0.05, 0) is 42.9 Å². The first kappa shape index (κ1) is 20.2. The molecule has 28 heavy (non-hydrogen) atoms. The van der Waals surface area contributed by atoms with E-state index in [1.165, 1.54) is 0 Å². The molecule has 3 rings (SSSR count). The molecule has 2 fully saturated rings. The topological polar surface area (TPSA) is 77.0 Å². The maximum Gasteiger partial charge on any atom is 0.227 e. The Hall–Kier alpha value is -2.57. The van der Waals surface area contributed by atoms with Crippen molar-refractivity contribution in [3.8, 4) is 0 Å². The van der Waals surface area contributed by atoms with Crippen molar-refractivity contribution in [3.05, 3.63) is 29.8 Å². The lowest BCUT2D eigenvalue weighted by Gasteiger charge is -2.34. The van der Waals surface area contributed by atoms with E-state index in [-0.39, 0.29) is 11.8 Å². The summed E-state index contributed by atoms with van der Waals surface area (Å²) in [6.45, 7) is 3.34. The molecule has 2 saturated heterocycles. The van der Waals surface area contributed by atoms with Gasteiger partial charge in [-0.25, -0.2) is 0 Å². The largest absolute Gasteiger partial charge is 0.359 e.